The first-order chi connectivity index (χ1) is 14.4. The zero-order valence-corrected chi connectivity index (χ0v) is 18.1. The summed E-state index contributed by atoms with van der Waals surface area (Å²) in [4.78, 5) is 12.6. The first-order valence-corrected chi connectivity index (χ1v) is 12.4. The number of benzene rings is 2. The predicted molar refractivity (Wildman–Crippen MR) is 116 cm³/mol. The topological polar surface area (TPSA) is 93.4 Å². The highest BCUT2D eigenvalue weighted by Crippen LogP contribution is 2.30. The molecule has 0 unspecified atom stereocenters. The first kappa shape index (κ1) is 20.6. The van der Waals surface area contributed by atoms with Crippen LogP contribution in [0, 0.1) is 0 Å². The Morgan fingerprint density at radius 3 is 2.73 bits per heavy atom. The van der Waals surface area contributed by atoms with Gasteiger partial charge in [0, 0.05) is 12.1 Å². The maximum absolute atomic E-state index is 12.6. The molecular weight excluding hydrogens is 422 g/mol. The molecule has 0 radical (unpaired) electrons. The smallest absolute Gasteiger partial charge is 0.277 e. The predicted octanol–water partition coefficient (Wildman–Crippen LogP) is 3.35. The zero-order chi connectivity index (χ0) is 21.1. The molecule has 2 aromatic carbocycles. The van der Waals surface area contributed by atoms with E-state index in [4.69, 9.17) is 4.42 Å². The average Bonchev–Trinajstić information content (AvgIpc) is 3.18. The molecule has 0 aliphatic carbocycles. The molecule has 0 atom stereocenters. The minimum atomic E-state index is -3.32. The second-order valence-corrected chi connectivity index (χ2v) is 9.95. The van der Waals surface area contributed by atoms with E-state index in [-0.39, 0.29) is 11.5 Å². The lowest BCUT2D eigenvalue weighted by Crippen LogP contribution is -2.34. The maximum atomic E-state index is 12.6. The molecule has 0 saturated heterocycles. The Labute approximate surface area is 179 Å². The molecule has 0 amide bonds. The lowest BCUT2D eigenvalue weighted by Gasteiger charge is -2.29. The van der Waals surface area contributed by atoms with Crippen LogP contribution >= 0.6 is 11.8 Å². The van der Waals surface area contributed by atoms with Crippen LogP contribution < -0.4 is 4.31 Å². The molecule has 1 aliphatic rings. The van der Waals surface area contributed by atoms with Crippen LogP contribution in [0.2, 0.25) is 0 Å². The molecule has 3 aromatic rings. The Morgan fingerprint density at radius 2 is 1.97 bits per heavy atom. The number of hydrogen-bond donors (Lipinski definition) is 0. The van der Waals surface area contributed by atoms with Gasteiger partial charge in [-0.05, 0) is 42.2 Å². The van der Waals surface area contributed by atoms with Gasteiger partial charge in [0.25, 0.3) is 5.22 Å². The Balaban J connectivity index is 1.40. The Hall–Kier alpha value is -2.65. The molecule has 0 fully saturated rings. The van der Waals surface area contributed by atoms with Gasteiger partial charge >= 0.3 is 0 Å². The minimum absolute atomic E-state index is 0.0675. The highest BCUT2D eigenvalue weighted by molar-refractivity contribution is 7.99. The van der Waals surface area contributed by atoms with Crippen LogP contribution in [0.15, 0.2) is 58.2 Å². The van der Waals surface area contributed by atoms with Crippen LogP contribution in [0.3, 0.4) is 0 Å². The van der Waals surface area contributed by atoms with Gasteiger partial charge in [-0.2, -0.15) is 0 Å². The summed E-state index contributed by atoms with van der Waals surface area (Å²) in [6, 6.07) is 15.0. The van der Waals surface area contributed by atoms with E-state index in [0.717, 1.165) is 24.0 Å². The molecule has 0 saturated carbocycles. The van der Waals surface area contributed by atoms with Gasteiger partial charge in [0.2, 0.25) is 15.9 Å². The molecule has 30 heavy (non-hydrogen) atoms. The largest absolute Gasteiger partial charge is 0.416 e. The van der Waals surface area contributed by atoms with Crippen LogP contribution in [0.4, 0.5) is 5.69 Å². The standard InChI is InChI=1S/C21H21N3O4S2/c1-30(26,27)24-11-5-8-16-13-17(9-10-18(16)24)19(25)14-29-21-23-22-20(28-21)12-15-6-3-2-4-7-15/h2-4,6-7,9-10,13H,5,8,11-12,14H2,1H3. The van der Waals surface area contributed by atoms with Crippen molar-refractivity contribution in [2.75, 3.05) is 22.9 Å². The van der Waals surface area contributed by atoms with E-state index in [2.05, 4.69) is 10.2 Å². The second-order valence-electron chi connectivity index (χ2n) is 7.12. The summed E-state index contributed by atoms with van der Waals surface area (Å²) < 4.78 is 31.0. The van der Waals surface area contributed by atoms with Crippen molar-refractivity contribution in [1.29, 1.82) is 0 Å². The summed E-state index contributed by atoms with van der Waals surface area (Å²) in [7, 11) is -3.32. The quantitative estimate of drug-likeness (QED) is 0.408. The monoisotopic (exact) mass is 443 g/mol. The number of sulfonamides is 1. The van der Waals surface area contributed by atoms with Crippen molar-refractivity contribution in [1.82, 2.24) is 10.2 Å². The van der Waals surface area contributed by atoms with Gasteiger partial charge in [0.15, 0.2) is 5.78 Å². The maximum Gasteiger partial charge on any atom is 0.277 e. The Morgan fingerprint density at radius 1 is 1.17 bits per heavy atom. The van der Waals surface area contributed by atoms with Crippen LogP contribution in [0.1, 0.15) is 33.8 Å². The first-order valence-electron chi connectivity index (χ1n) is 9.53. The number of carbonyl (C=O) groups excluding carboxylic acids is 1. The fraction of sp³-hybridized carbons (Fsp3) is 0.286. The van der Waals surface area contributed by atoms with Gasteiger partial charge < -0.3 is 4.42 Å². The molecule has 0 bridgehead atoms. The van der Waals surface area contributed by atoms with E-state index < -0.39 is 10.0 Å². The number of nitrogens with zero attached hydrogens (tertiary/aromatic N) is 3. The minimum Gasteiger partial charge on any atom is -0.416 e. The lowest BCUT2D eigenvalue weighted by atomic mass is 9.99. The van der Waals surface area contributed by atoms with Crippen molar-refractivity contribution < 1.29 is 17.6 Å². The third-order valence-corrected chi connectivity index (χ3v) is 6.85. The van der Waals surface area contributed by atoms with Gasteiger partial charge in [-0.25, -0.2) is 8.42 Å². The second kappa shape index (κ2) is 8.61. The van der Waals surface area contributed by atoms with E-state index in [1.807, 2.05) is 30.3 Å². The number of aromatic nitrogens is 2. The molecular formula is C21H21N3O4S2. The third-order valence-electron chi connectivity index (χ3n) is 4.85. The van der Waals surface area contributed by atoms with Crippen molar-refractivity contribution in [3.8, 4) is 0 Å². The number of anilines is 1. The molecule has 9 heteroatoms. The summed E-state index contributed by atoms with van der Waals surface area (Å²) in [5.41, 5.74) is 3.17. The van der Waals surface area contributed by atoms with Gasteiger partial charge in [-0.15, -0.1) is 10.2 Å². The van der Waals surface area contributed by atoms with Crippen molar-refractivity contribution in [3.63, 3.8) is 0 Å². The number of aryl methyl sites for hydroxylation is 1. The Kier molecular flexibility index (Phi) is 5.92. The molecule has 0 spiro atoms. The van der Waals surface area contributed by atoms with E-state index in [1.165, 1.54) is 22.3 Å². The fourth-order valence-electron chi connectivity index (χ4n) is 3.43. The third kappa shape index (κ3) is 4.73. The molecule has 0 N–H and O–H groups in total. The molecule has 2 heterocycles. The van der Waals surface area contributed by atoms with Crippen molar-refractivity contribution in [2.24, 2.45) is 0 Å². The van der Waals surface area contributed by atoms with Gasteiger partial charge in [0.05, 0.1) is 24.1 Å². The van der Waals surface area contributed by atoms with E-state index >= 15 is 0 Å². The number of thioether (sulfide) groups is 1. The summed E-state index contributed by atoms with van der Waals surface area (Å²) in [6.45, 7) is 0.470. The van der Waals surface area contributed by atoms with Crippen LogP contribution in [-0.2, 0) is 22.9 Å². The highest BCUT2D eigenvalue weighted by atomic mass is 32.2. The van der Waals surface area contributed by atoms with Crippen LogP contribution in [0.25, 0.3) is 0 Å². The van der Waals surface area contributed by atoms with E-state index in [1.54, 1.807) is 18.2 Å². The van der Waals surface area contributed by atoms with Gasteiger partial charge in [0.1, 0.15) is 0 Å². The van der Waals surface area contributed by atoms with E-state index in [9.17, 15) is 13.2 Å². The summed E-state index contributed by atoms with van der Waals surface area (Å²) in [5, 5.41) is 8.40. The Bertz CT molecular complexity index is 1160. The summed E-state index contributed by atoms with van der Waals surface area (Å²) in [5.74, 6) is 0.606. The molecule has 1 aliphatic heterocycles. The van der Waals surface area contributed by atoms with Crippen molar-refractivity contribution >= 4 is 33.3 Å². The lowest BCUT2D eigenvalue weighted by molar-refractivity contribution is 0.102. The molecule has 7 nitrogen and oxygen atoms in total. The SMILES string of the molecule is CS(=O)(=O)N1CCCc2cc(C(=O)CSc3nnc(Cc4ccccc4)o3)ccc21. The fourth-order valence-corrected chi connectivity index (χ4v) is 5.10. The average molecular weight is 444 g/mol. The summed E-state index contributed by atoms with van der Waals surface area (Å²) >= 11 is 1.20. The number of Topliss-reactive ketones (excluding diaryl/α,β-unsaturated/α-hetero) is 1. The van der Waals surface area contributed by atoms with Crippen LogP contribution in [0.5, 0.6) is 0 Å². The summed E-state index contributed by atoms with van der Waals surface area (Å²) in [6.07, 6.45) is 3.24. The normalized spacial score (nSPS) is 13.8. The molecule has 156 valence electrons. The van der Waals surface area contributed by atoms with Gasteiger partial charge in [-0.1, -0.05) is 42.1 Å². The molecule has 1 aromatic heterocycles. The number of hydrogen-bond acceptors (Lipinski definition) is 7. The van der Waals surface area contributed by atoms with Gasteiger partial charge in [-0.3, -0.25) is 9.10 Å². The number of rotatable bonds is 7. The van der Waals surface area contributed by atoms with E-state index in [0.29, 0.717) is 35.3 Å². The number of carbonyl (C=O) groups is 1. The van der Waals surface area contributed by atoms with Crippen molar-refractivity contribution in [3.05, 3.63) is 71.1 Å². The van der Waals surface area contributed by atoms with Crippen LogP contribution in [-0.4, -0.2) is 43.0 Å². The van der Waals surface area contributed by atoms with Crippen molar-refractivity contribution in [2.45, 2.75) is 24.5 Å². The zero-order valence-electron chi connectivity index (χ0n) is 16.4. The number of fused-ring (bicyclic) bond motifs is 1. The number of ketones is 1. The highest BCUT2D eigenvalue weighted by Gasteiger charge is 2.24. The molecule has 4 rings (SSSR count).